The van der Waals surface area contributed by atoms with Crippen LogP contribution in [0.15, 0.2) is 72.1 Å². The van der Waals surface area contributed by atoms with Crippen molar-refractivity contribution in [1.29, 1.82) is 0 Å². The number of sulfonamides is 1. The molecule has 3 rings (SSSR count). The van der Waals surface area contributed by atoms with Gasteiger partial charge in [0.2, 0.25) is 15.9 Å². The topological polar surface area (TPSA) is 107 Å². The Morgan fingerprint density at radius 2 is 1.86 bits per heavy atom. The predicted octanol–water partition coefficient (Wildman–Crippen LogP) is 2.05. The Bertz CT molecular complexity index is 1020. The molecule has 0 atom stereocenters. The van der Waals surface area contributed by atoms with E-state index in [9.17, 15) is 23.1 Å². The summed E-state index contributed by atoms with van der Waals surface area (Å²) in [5.41, 5.74) is 1.05. The van der Waals surface area contributed by atoms with Crippen LogP contribution in [0.4, 0.5) is 10.5 Å². The molecule has 0 unspecified atom stereocenters. The van der Waals surface area contributed by atoms with Gasteiger partial charge in [-0.3, -0.25) is 9.69 Å². The lowest BCUT2D eigenvalue weighted by Crippen LogP contribution is -2.60. The van der Waals surface area contributed by atoms with Crippen LogP contribution in [0.3, 0.4) is 0 Å². The third-order valence-electron chi connectivity index (χ3n) is 4.56. The van der Waals surface area contributed by atoms with Gasteiger partial charge in [0.05, 0.1) is 17.5 Å². The normalized spacial score (nSPS) is 14.6. The molecule has 0 aliphatic carbocycles. The van der Waals surface area contributed by atoms with E-state index in [1.807, 2.05) is 18.2 Å². The Kier molecular flexibility index (Phi) is 6.00. The van der Waals surface area contributed by atoms with Crippen LogP contribution in [0.25, 0.3) is 0 Å². The summed E-state index contributed by atoms with van der Waals surface area (Å²) in [6, 6.07) is 14.6. The molecule has 2 N–H and O–H groups in total. The molecule has 0 saturated carbocycles. The molecule has 1 aliphatic heterocycles. The monoisotopic (exact) mass is 415 g/mol. The first-order valence-corrected chi connectivity index (χ1v) is 10.3. The lowest BCUT2D eigenvalue weighted by atomic mass is 10.2. The molecular weight excluding hydrogens is 394 g/mol. The molecule has 9 heteroatoms. The molecule has 0 radical (unpaired) electrons. The van der Waals surface area contributed by atoms with Crippen LogP contribution in [0.1, 0.15) is 5.56 Å². The van der Waals surface area contributed by atoms with E-state index in [-0.39, 0.29) is 42.2 Å². The molecule has 152 valence electrons. The largest absolute Gasteiger partial charge is 0.465 e. The summed E-state index contributed by atoms with van der Waals surface area (Å²) in [5.74, 6) is -0.355. The fourth-order valence-corrected chi connectivity index (χ4v) is 4.55. The summed E-state index contributed by atoms with van der Waals surface area (Å²) in [7, 11) is -3.80. The number of hydrogen-bond donors (Lipinski definition) is 2. The Balaban J connectivity index is 1.78. The Morgan fingerprint density at radius 1 is 1.17 bits per heavy atom. The van der Waals surface area contributed by atoms with Gasteiger partial charge in [0.15, 0.2) is 0 Å². The van der Waals surface area contributed by atoms with Crippen molar-refractivity contribution < 1.29 is 23.1 Å². The Morgan fingerprint density at radius 3 is 2.48 bits per heavy atom. The zero-order valence-electron chi connectivity index (χ0n) is 15.6. The second kappa shape index (κ2) is 8.46. The van der Waals surface area contributed by atoms with Crippen molar-refractivity contribution in [2.45, 2.75) is 17.5 Å². The van der Waals surface area contributed by atoms with E-state index < -0.39 is 16.1 Å². The number of anilines is 1. The quantitative estimate of drug-likeness (QED) is 0.673. The lowest BCUT2D eigenvalue weighted by Gasteiger charge is -2.38. The second-order valence-electron chi connectivity index (χ2n) is 6.58. The van der Waals surface area contributed by atoms with Gasteiger partial charge < -0.3 is 10.4 Å². The van der Waals surface area contributed by atoms with Gasteiger partial charge in [0, 0.05) is 18.8 Å². The standard InChI is InChI=1S/C20H21N3O5S/c1-2-19(24)21-16-13-22(14-16)29(27,28)18-10-6-9-17(11-18)23(20(25)26)12-15-7-4-3-5-8-15/h2-11,16H,1,12-14H2,(H,21,24)(H,25,26). The third-order valence-corrected chi connectivity index (χ3v) is 6.39. The third kappa shape index (κ3) is 4.64. The molecule has 8 nitrogen and oxygen atoms in total. The van der Waals surface area contributed by atoms with E-state index >= 15 is 0 Å². The van der Waals surface area contributed by atoms with Crippen molar-refractivity contribution in [3.8, 4) is 0 Å². The van der Waals surface area contributed by atoms with Crippen LogP contribution in [-0.2, 0) is 21.4 Å². The molecule has 2 amide bonds. The average molecular weight is 415 g/mol. The number of nitrogens with one attached hydrogen (secondary N) is 1. The number of rotatable bonds is 7. The van der Waals surface area contributed by atoms with Gasteiger partial charge in [0.1, 0.15) is 0 Å². The van der Waals surface area contributed by atoms with Crippen molar-refractivity contribution in [3.63, 3.8) is 0 Å². The fraction of sp³-hybridized carbons (Fsp3) is 0.200. The number of carbonyl (C=O) groups is 2. The minimum absolute atomic E-state index is 0.00260. The van der Waals surface area contributed by atoms with Crippen LogP contribution in [0, 0.1) is 0 Å². The van der Waals surface area contributed by atoms with Crippen LogP contribution < -0.4 is 10.2 Å². The van der Waals surface area contributed by atoms with Gasteiger partial charge in [0.25, 0.3) is 0 Å². The number of carboxylic acid groups (broad SMARTS) is 1. The average Bonchev–Trinajstić information content (AvgIpc) is 2.68. The maximum absolute atomic E-state index is 12.8. The molecule has 2 aromatic rings. The highest BCUT2D eigenvalue weighted by atomic mass is 32.2. The van der Waals surface area contributed by atoms with Crippen molar-refractivity contribution in [2.24, 2.45) is 0 Å². The highest BCUT2D eigenvalue weighted by molar-refractivity contribution is 7.89. The molecule has 1 fully saturated rings. The number of amides is 2. The number of nitrogens with zero attached hydrogens (tertiary/aromatic N) is 2. The Labute approximate surface area is 169 Å². The molecule has 0 bridgehead atoms. The minimum atomic E-state index is -3.80. The van der Waals surface area contributed by atoms with Crippen LogP contribution >= 0.6 is 0 Å². The smallest absolute Gasteiger partial charge is 0.412 e. The van der Waals surface area contributed by atoms with E-state index in [0.29, 0.717) is 0 Å². The fourth-order valence-electron chi connectivity index (χ4n) is 2.98. The number of benzene rings is 2. The first kappa shape index (κ1) is 20.6. The van der Waals surface area contributed by atoms with E-state index in [1.165, 1.54) is 22.5 Å². The van der Waals surface area contributed by atoms with Gasteiger partial charge in [-0.1, -0.05) is 43.0 Å². The van der Waals surface area contributed by atoms with Gasteiger partial charge in [-0.2, -0.15) is 4.31 Å². The second-order valence-corrected chi connectivity index (χ2v) is 8.52. The summed E-state index contributed by atoms with van der Waals surface area (Å²) in [5, 5.41) is 12.3. The van der Waals surface area contributed by atoms with Crippen LogP contribution in [-0.4, -0.2) is 49.0 Å². The molecule has 1 saturated heterocycles. The van der Waals surface area contributed by atoms with Gasteiger partial charge in [-0.05, 0) is 29.8 Å². The maximum Gasteiger partial charge on any atom is 0.412 e. The highest BCUT2D eigenvalue weighted by Crippen LogP contribution is 2.26. The molecule has 1 heterocycles. The molecule has 29 heavy (non-hydrogen) atoms. The lowest BCUT2D eigenvalue weighted by molar-refractivity contribution is -0.117. The van der Waals surface area contributed by atoms with Gasteiger partial charge in [-0.25, -0.2) is 13.2 Å². The molecular formula is C20H21N3O5S. The van der Waals surface area contributed by atoms with E-state index in [0.717, 1.165) is 16.5 Å². The molecule has 2 aromatic carbocycles. The van der Waals surface area contributed by atoms with E-state index in [4.69, 9.17) is 0 Å². The molecule has 0 spiro atoms. The van der Waals surface area contributed by atoms with Crippen molar-refractivity contribution >= 4 is 27.7 Å². The van der Waals surface area contributed by atoms with Crippen molar-refractivity contribution in [1.82, 2.24) is 9.62 Å². The first-order chi connectivity index (χ1) is 13.8. The van der Waals surface area contributed by atoms with Crippen molar-refractivity contribution in [2.75, 3.05) is 18.0 Å². The van der Waals surface area contributed by atoms with Crippen LogP contribution in [0.5, 0.6) is 0 Å². The summed E-state index contributed by atoms with van der Waals surface area (Å²) in [6.45, 7) is 3.76. The summed E-state index contributed by atoms with van der Waals surface area (Å²) in [4.78, 5) is 24.2. The number of hydrogen-bond acceptors (Lipinski definition) is 4. The maximum atomic E-state index is 12.8. The minimum Gasteiger partial charge on any atom is -0.465 e. The highest BCUT2D eigenvalue weighted by Gasteiger charge is 2.37. The Hall–Kier alpha value is -3.17. The zero-order valence-corrected chi connectivity index (χ0v) is 16.4. The van der Waals surface area contributed by atoms with Gasteiger partial charge in [-0.15, -0.1) is 0 Å². The molecule has 1 aliphatic rings. The predicted molar refractivity (Wildman–Crippen MR) is 108 cm³/mol. The van der Waals surface area contributed by atoms with E-state index in [1.54, 1.807) is 18.2 Å². The molecule has 0 aromatic heterocycles. The zero-order chi connectivity index (χ0) is 21.0. The summed E-state index contributed by atoms with van der Waals surface area (Å²) < 4.78 is 26.9. The van der Waals surface area contributed by atoms with Crippen LogP contribution in [0.2, 0.25) is 0 Å². The van der Waals surface area contributed by atoms with Gasteiger partial charge >= 0.3 is 6.09 Å². The first-order valence-electron chi connectivity index (χ1n) is 8.89. The summed E-state index contributed by atoms with van der Waals surface area (Å²) in [6.07, 6.45) is -0.0482. The summed E-state index contributed by atoms with van der Waals surface area (Å²) >= 11 is 0. The van der Waals surface area contributed by atoms with Crippen molar-refractivity contribution in [3.05, 3.63) is 72.8 Å². The SMILES string of the molecule is C=CC(=O)NC1CN(S(=O)(=O)c2cccc(N(Cc3ccccc3)C(=O)O)c2)C1. The number of carbonyl (C=O) groups excluding carboxylic acids is 1. The van der Waals surface area contributed by atoms with E-state index in [2.05, 4.69) is 11.9 Å².